The lowest BCUT2D eigenvalue weighted by molar-refractivity contribution is -0.145. The van der Waals surface area contributed by atoms with Crippen molar-refractivity contribution >= 4 is 51.9 Å². The molecule has 0 saturated carbocycles. The first-order valence-corrected chi connectivity index (χ1v) is 10.8. The number of carboxylic acids is 1. The molecule has 0 bridgehead atoms. The van der Waals surface area contributed by atoms with Gasteiger partial charge < -0.3 is 14.6 Å². The van der Waals surface area contributed by atoms with Crippen LogP contribution in [0.1, 0.15) is 25.8 Å². The minimum absolute atomic E-state index is 0.297. The fourth-order valence-corrected chi connectivity index (χ4v) is 4.20. The maximum atomic E-state index is 13.6. The highest BCUT2D eigenvalue weighted by molar-refractivity contribution is 8.27. The highest BCUT2D eigenvalue weighted by atomic mass is 32.2. The molecule has 2 aromatic carbocycles. The lowest BCUT2D eigenvalue weighted by Crippen LogP contribution is -2.27. The molecule has 0 radical (unpaired) electrons. The number of ether oxygens (including phenoxy) is 2. The number of thioether (sulfide) groups is 1. The van der Waals surface area contributed by atoms with E-state index in [1.54, 1.807) is 44.2 Å². The quantitative estimate of drug-likeness (QED) is 0.444. The van der Waals surface area contributed by atoms with Crippen molar-refractivity contribution < 1.29 is 28.6 Å². The van der Waals surface area contributed by atoms with E-state index in [0.717, 1.165) is 11.8 Å². The zero-order chi connectivity index (χ0) is 22.5. The van der Waals surface area contributed by atoms with E-state index in [-0.39, 0.29) is 5.91 Å². The van der Waals surface area contributed by atoms with Crippen LogP contribution in [-0.4, -0.2) is 34.0 Å². The van der Waals surface area contributed by atoms with E-state index in [9.17, 15) is 19.1 Å². The van der Waals surface area contributed by atoms with Gasteiger partial charge >= 0.3 is 5.97 Å². The smallest absolute Gasteiger partial charge is 0.344 e. The number of carbonyl (C=O) groups is 2. The van der Waals surface area contributed by atoms with E-state index in [0.29, 0.717) is 45.0 Å². The number of thiocarbonyl (C=S) groups is 1. The molecule has 2 aromatic rings. The molecule has 0 spiro atoms. The minimum atomic E-state index is -1.06. The SMILES string of the molecule is CCOc1cc(/C=C2/SC(=S)N(c3cccc(F)c3)C2=O)ccc1OC(CC)C(=O)O. The predicted molar refractivity (Wildman–Crippen MR) is 122 cm³/mol. The Labute approximate surface area is 188 Å². The summed E-state index contributed by atoms with van der Waals surface area (Å²) >= 11 is 6.43. The first-order chi connectivity index (χ1) is 14.8. The van der Waals surface area contributed by atoms with Gasteiger partial charge in [-0.15, -0.1) is 0 Å². The van der Waals surface area contributed by atoms with Crippen LogP contribution in [0.25, 0.3) is 6.08 Å². The summed E-state index contributed by atoms with van der Waals surface area (Å²) in [6.45, 7) is 3.87. The van der Waals surface area contributed by atoms with Gasteiger partial charge in [0.15, 0.2) is 21.9 Å². The van der Waals surface area contributed by atoms with Crippen LogP contribution >= 0.6 is 24.0 Å². The Morgan fingerprint density at radius 1 is 1.26 bits per heavy atom. The lowest BCUT2D eigenvalue weighted by Gasteiger charge is -2.17. The number of carbonyl (C=O) groups excluding carboxylic acids is 1. The first-order valence-electron chi connectivity index (χ1n) is 9.53. The summed E-state index contributed by atoms with van der Waals surface area (Å²) in [5.74, 6) is -1.19. The molecule has 1 amide bonds. The van der Waals surface area contributed by atoms with E-state index in [2.05, 4.69) is 0 Å². The molecule has 1 heterocycles. The van der Waals surface area contributed by atoms with Gasteiger partial charge in [0.1, 0.15) is 5.82 Å². The Balaban J connectivity index is 1.89. The number of rotatable bonds is 8. The number of carboxylic acid groups (broad SMARTS) is 1. The lowest BCUT2D eigenvalue weighted by atomic mass is 10.1. The van der Waals surface area contributed by atoms with Gasteiger partial charge in [-0.2, -0.15) is 0 Å². The van der Waals surface area contributed by atoms with Crippen molar-refractivity contribution in [2.75, 3.05) is 11.5 Å². The van der Waals surface area contributed by atoms with Crippen LogP contribution in [0.15, 0.2) is 47.4 Å². The van der Waals surface area contributed by atoms with E-state index in [4.69, 9.17) is 21.7 Å². The summed E-state index contributed by atoms with van der Waals surface area (Å²) < 4.78 is 25.1. The van der Waals surface area contributed by atoms with E-state index in [1.807, 2.05) is 0 Å². The standard InChI is InChI=1S/C22H20FNO5S2/c1-3-16(21(26)27)29-17-9-8-13(10-18(17)28-4-2)11-19-20(25)24(22(30)31-19)15-7-5-6-14(23)12-15/h5-12,16H,3-4H2,1-2H3,(H,26,27)/b19-11+. The number of halogens is 1. The highest BCUT2D eigenvalue weighted by Gasteiger charge is 2.33. The van der Waals surface area contributed by atoms with Gasteiger partial charge in [0, 0.05) is 0 Å². The molecule has 1 unspecified atom stereocenters. The topological polar surface area (TPSA) is 76.1 Å². The normalized spacial score (nSPS) is 16.0. The van der Waals surface area contributed by atoms with Crippen molar-refractivity contribution in [3.63, 3.8) is 0 Å². The summed E-state index contributed by atoms with van der Waals surface area (Å²) in [6.07, 6.45) is 0.956. The molecule has 1 atom stereocenters. The third kappa shape index (κ3) is 5.23. The second kappa shape index (κ2) is 9.93. The van der Waals surface area contributed by atoms with E-state index < -0.39 is 17.9 Å². The molecule has 31 heavy (non-hydrogen) atoms. The van der Waals surface area contributed by atoms with Gasteiger partial charge in [0.05, 0.1) is 17.2 Å². The Morgan fingerprint density at radius 3 is 2.68 bits per heavy atom. The van der Waals surface area contributed by atoms with Crippen molar-refractivity contribution in [1.29, 1.82) is 0 Å². The van der Waals surface area contributed by atoms with Gasteiger partial charge in [-0.3, -0.25) is 9.69 Å². The number of anilines is 1. The van der Waals surface area contributed by atoms with Gasteiger partial charge in [-0.1, -0.05) is 43.0 Å². The van der Waals surface area contributed by atoms with Crippen molar-refractivity contribution in [2.24, 2.45) is 0 Å². The molecular weight excluding hydrogens is 441 g/mol. The van der Waals surface area contributed by atoms with Crippen molar-refractivity contribution in [1.82, 2.24) is 0 Å². The molecule has 1 aliphatic heterocycles. The fourth-order valence-electron chi connectivity index (χ4n) is 2.90. The summed E-state index contributed by atoms with van der Waals surface area (Å²) in [4.78, 5) is 25.8. The molecule has 0 aliphatic carbocycles. The molecule has 1 N–H and O–H groups in total. The van der Waals surface area contributed by atoms with Gasteiger partial charge in [-0.05, 0) is 55.3 Å². The van der Waals surface area contributed by atoms with E-state index in [1.165, 1.54) is 23.1 Å². The minimum Gasteiger partial charge on any atom is -0.490 e. The second-order valence-corrected chi connectivity index (χ2v) is 8.16. The molecule has 1 aliphatic rings. The summed E-state index contributed by atoms with van der Waals surface area (Å²) in [6, 6.07) is 10.6. The van der Waals surface area contributed by atoms with Crippen molar-refractivity contribution in [3.05, 3.63) is 58.8 Å². The zero-order valence-corrected chi connectivity index (χ0v) is 18.5. The highest BCUT2D eigenvalue weighted by Crippen LogP contribution is 2.37. The Bertz CT molecular complexity index is 1060. The number of hydrogen-bond acceptors (Lipinski definition) is 6. The average molecular weight is 462 g/mol. The Hall–Kier alpha value is -2.91. The third-order valence-corrected chi connectivity index (χ3v) is 5.64. The molecule has 1 fully saturated rings. The fraction of sp³-hybridized carbons (Fsp3) is 0.227. The van der Waals surface area contributed by atoms with Gasteiger partial charge in [0.25, 0.3) is 5.91 Å². The number of hydrogen-bond donors (Lipinski definition) is 1. The maximum absolute atomic E-state index is 13.6. The predicted octanol–water partition coefficient (Wildman–Crippen LogP) is 4.87. The third-order valence-electron chi connectivity index (χ3n) is 4.34. The summed E-state index contributed by atoms with van der Waals surface area (Å²) in [5.41, 5.74) is 1.02. The summed E-state index contributed by atoms with van der Waals surface area (Å²) in [5, 5.41) is 9.23. The van der Waals surface area contributed by atoms with Crippen LogP contribution in [0.5, 0.6) is 11.5 Å². The Kier molecular flexibility index (Phi) is 7.29. The van der Waals surface area contributed by atoms with Crippen LogP contribution < -0.4 is 14.4 Å². The van der Waals surface area contributed by atoms with Crippen LogP contribution in [0.3, 0.4) is 0 Å². The monoisotopic (exact) mass is 461 g/mol. The van der Waals surface area contributed by atoms with Crippen LogP contribution in [0.4, 0.5) is 10.1 Å². The Morgan fingerprint density at radius 2 is 2.03 bits per heavy atom. The second-order valence-electron chi connectivity index (χ2n) is 6.49. The molecule has 3 rings (SSSR count). The number of benzene rings is 2. The molecule has 1 saturated heterocycles. The maximum Gasteiger partial charge on any atom is 0.344 e. The average Bonchev–Trinajstić information content (AvgIpc) is 3.00. The van der Waals surface area contributed by atoms with E-state index >= 15 is 0 Å². The van der Waals surface area contributed by atoms with Gasteiger partial charge in [0.2, 0.25) is 0 Å². The largest absolute Gasteiger partial charge is 0.490 e. The zero-order valence-electron chi connectivity index (χ0n) is 16.8. The first kappa shape index (κ1) is 22.8. The number of nitrogens with zero attached hydrogens (tertiary/aromatic N) is 1. The van der Waals surface area contributed by atoms with Crippen LogP contribution in [0, 0.1) is 5.82 Å². The molecular formula is C22H20FNO5S2. The molecule has 6 nitrogen and oxygen atoms in total. The number of aliphatic carboxylic acids is 1. The summed E-state index contributed by atoms with van der Waals surface area (Å²) in [7, 11) is 0. The van der Waals surface area contributed by atoms with Gasteiger partial charge in [-0.25, -0.2) is 9.18 Å². The van der Waals surface area contributed by atoms with Crippen LogP contribution in [0.2, 0.25) is 0 Å². The van der Waals surface area contributed by atoms with Crippen LogP contribution in [-0.2, 0) is 9.59 Å². The van der Waals surface area contributed by atoms with Crippen molar-refractivity contribution in [3.8, 4) is 11.5 Å². The molecule has 9 heteroatoms. The number of amides is 1. The molecule has 162 valence electrons. The van der Waals surface area contributed by atoms with Crippen molar-refractivity contribution in [2.45, 2.75) is 26.4 Å². The molecule has 0 aromatic heterocycles.